The summed E-state index contributed by atoms with van der Waals surface area (Å²) in [6.07, 6.45) is 2.00. The molecule has 0 heterocycles. The number of benzene rings is 1. The molecule has 0 aromatic heterocycles. The van der Waals surface area contributed by atoms with Gasteiger partial charge in [0.05, 0.1) is 6.61 Å². The average Bonchev–Trinajstić information content (AvgIpc) is 2.50. The van der Waals surface area contributed by atoms with Gasteiger partial charge in [-0.25, -0.2) is 0 Å². The molecule has 0 bridgehead atoms. The van der Waals surface area contributed by atoms with Gasteiger partial charge in [0.2, 0.25) is 0 Å². The molecule has 1 rings (SSSR count). The molecule has 4 heteroatoms. The van der Waals surface area contributed by atoms with Crippen LogP contribution in [0.2, 0.25) is 0 Å². The second-order valence-electron chi connectivity index (χ2n) is 4.99. The minimum Gasteiger partial charge on any atom is -0.385 e. The van der Waals surface area contributed by atoms with Crippen molar-refractivity contribution in [2.45, 2.75) is 18.9 Å². The lowest BCUT2D eigenvalue weighted by Crippen LogP contribution is -2.32. The summed E-state index contributed by atoms with van der Waals surface area (Å²) in [5.41, 5.74) is 7.45. The highest BCUT2D eigenvalue weighted by Crippen LogP contribution is 2.13. The molecule has 1 aromatic carbocycles. The van der Waals surface area contributed by atoms with E-state index >= 15 is 0 Å². The first-order valence-electron chi connectivity index (χ1n) is 7.28. The molecular formula is C16H28N2O2. The first-order chi connectivity index (χ1) is 9.77. The lowest BCUT2D eigenvalue weighted by atomic mass is 10.0. The van der Waals surface area contributed by atoms with Crippen LogP contribution in [0.3, 0.4) is 0 Å². The van der Waals surface area contributed by atoms with Crippen molar-refractivity contribution in [3.8, 4) is 0 Å². The van der Waals surface area contributed by atoms with E-state index in [4.69, 9.17) is 15.2 Å². The topological polar surface area (TPSA) is 47.7 Å². The van der Waals surface area contributed by atoms with Crippen molar-refractivity contribution in [1.29, 1.82) is 0 Å². The fraction of sp³-hybridized carbons (Fsp3) is 0.625. The monoisotopic (exact) mass is 280 g/mol. The zero-order valence-electron chi connectivity index (χ0n) is 12.8. The normalized spacial score (nSPS) is 12.8. The number of nitrogens with two attached hydrogens (primary N) is 1. The van der Waals surface area contributed by atoms with Crippen molar-refractivity contribution >= 4 is 0 Å². The Hall–Kier alpha value is -0.940. The highest BCUT2D eigenvalue weighted by molar-refractivity contribution is 5.18. The van der Waals surface area contributed by atoms with E-state index in [0.717, 1.165) is 45.7 Å². The molecule has 20 heavy (non-hydrogen) atoms. The van der Waals surface area contributed by atoms with Crippen LogP contribution in [0.5, 0.6) is 0 Å². The van der Waals surface area contributed by atoms with Gasteiger partial charge in [-0.15, -0.1) is 0 Å². The lowest BCUT2D eigenvalue weighted by Gasteiger charge is -2.23. The number of hydrogen-bond acceptors (Lipinski definition) is 4. The summed E-state index contributed by atoms with van der Waals surface area (Å²) in [6, 6.07) is 10.4. The molecule has 0 spiro atoms. The van der Waals surface area contributed by atoms with Gasteiger partial charge in [-0.3, -0.25) is 0 Å². The largest absolute Gasteiger partial charge is 0.385 e. The highest BCUT2D eigenvalue weighted by Gasteiger charge is 2.09. The van der Waals surface area contributed by atoms with E-state index in [0.29, 0.717) is 0 Å². The SMILES string of the molecule is COCCCN(CCOC)CCC(N)c1ccccc1. The molecule has 4 nitrogen and oxygen atoms in total. The zero-order valence-corrected chi connectivity index (χ0v) is 12.8. The van der Waals surface area contributed by atoms with E-state index in [9.17, 15) is 0 Å². The van der Waals surface area contributed by atoms with E-state index in [1.807, 2.05) is 18.2 Å². The summed E-state index contributed by atoms with van der Waals surface area (Å²) in [5, 5.41) is 0. The summed E-state index contributed by atoms with van der Waals surface area (Å²) in [6.45, 7) is 4.52. The van der Waals surface area contributed by atoms with Crippen molar-refractivity contribution < 1.29 is 9.47 Å². The van der Waals surface area contributed by atoms with Crippen LogP contribution in [0.15, 0.2) is 30.3 Å². The molecule has 2 N–H and O–H groups in total. The zero-order chi connectivity index (χ0) is 14.6. The van der Waals surface area contributed by atoms with Gasteiger partial charge in [-0.1, -0.05) is 30.3 Å². The molecule has 0 radical (unpaired) electrons. The Labute approximate surface area is 122 Å². The number of methoxy groups -OCH3 is 2. The summed E-state index contributed by atoms with van der Waals surface area (Å²) >= 11 is 0. The third kappa shape index (κ3) is 7.01. The smallest absolute Gasteiger partial charge is 0.0589 e. The summed E-state index contributed by atoms with van der Waals surface area (Å²) in [4.78, 5) is 2.39. The van der Waals surface area contributed by atoms with E-state index in [1.165, 1.54) is 5.56 Å². The maximum Gasteiger partial charge on any atom is 0.0589 e. The Morgan fingerprint density at radius 2 is 1.70 bits per heavy atom. The van der Waals surface area contributed by atoms with Gasteiger partial charge in [0.1, 0.15) is 0 Å². The van der Waals surface area contributed by atoms with E-state index < -0.39 is 0 Å². The van der Waals surface area contributed by atoms with Crippen molar-refractivity contribution in [2.24, 2.45) is 5.73 Å². The molecule has 1 aromatic rings. The Balaban J connectivity index is 2.35. The minimum atomic E-state index is 0.101. The van der Waals surface area contributed by atoms with Gasteiger partial charge in [0.25, 0.3) is 0 Å². The van der Waals surface area contributed by atoms with Crippen LogP contribution in [-0.4, -0.2) is 52.0 Å². The number of hydrogen-bond donors (Lipinski definition) is 1. The van der Waals surface area contributed by atoms with E-state index in [1.54, 1.807) is 14.2 Å². The second-order valence-corrected chi connectivity index (χ2v) is 4.99. The van der Waals surface area contributed by atoms with Crippen LogP contribution in [-0.2, 0) is 9.47 Å². The van der Waals surface area contributed by atoms with Gasteiger partial charge < -0.3 is 20.1 Å². The lowest BCUT2D eigenvalue weighted by molar-refractivity contribution is 0.131. The molecule has 0 amide bonds. The van der Waals surface area contributed by atoms with Crippen LogP contribution >= 0.6 is 0 Å². The van der Waals surface area contributed by atoms with Crippen molar-refractivity contribution in [2.75, 3.05) is 47.1 Å². The summed E-state index contributed by atoms with van der Waals surface area (Å²) in [5.74, 6) is 0. The number of rotatable bonds is 11. The highest BCUT2D eigenvalue weighted by atomic mass is 16.5. The number of ether oxygens (including phenoxy) is 2. The minimum absolute atomic E-state index is 0.101. The van der Waals surface area contributed by atoms with Crippen LogP contribution in [0, 0.1) is 0 Å². The maximum absolute atomic E-state index is 6.24. The molecular weight excluding hydrogens is 252 g/mol. The van der Waals surface area contributed by atoms with Crippen LogP contribution < -0.4 is 5.73 Å². The predicted octanol–water partition coefficient (Wildman–Crippen LogP) is 2.06. The third-order valence-electron chi connectivity index (χ3n) is 3.42. The fourth-order valence-corrected chi connectivity index (χ4v) is 2.18. The standard InChI is InChI=1S/C16H28N2O2/c1-19-13-6-10-18(12-14-20-2)11-9-16(17)15-7-4-3-5-8-15/h3-5,7-8,16H,6,9-14,17H2,1-2H3. The van der Waals surface area contributed by atoms with Crippen molar-refractivity contribution in [1.82, 2.24) is 4.90 Å². The Kier molecular flexibility index (Phi) is 9.24. The fourth-order valence-electron chi connectivity index (χ4n) is 2.18. The second kappa shape index (κ2) is 10.8. The first-order valence-corrected chi connectivity index (χ1v) is 7.28. The molecule has 0 saturated carbocycles. The van der Waals surface area contributed by atoms with Crippen LogP contribution in [0.4, 0.5) is 0 Å². The average molecular weight is 280 g/mol. The Bertz CT molecular complexity index is 333. The molecule has 0 fully saturated rings. The van der Waals surface area contributed by atoms with Gasteiger partial charge >= 0.3 is 0 Å². The molecule has 0 saturated heterocycles. The molecule has 0 aliphatic carbocycles. The quantitative estimate of drug-likeness (QED) is 0.630. The number of nitrogens with zero attached hydrogens (tertiary/aromatic N) is 1. The molecule has 0 aliphatic rings. The van der Waals surface area contributed by atoms with Gasteiger partial charge in [0, 0.05) is 46.5 Å². The van der Waals surface area contributed by atoms with Crippen molar-refractivity contribution in [3.63, 3.8) is 0 Å². The van der Waals surface area contributed by atoms with Gasteiger partial charge in [-0.2, -0.15) is 0 Å². The van der Waals surface area contributed by atoms with Crippen LogP contribution in [0.25, 0.3) is 0 Å². The Morgan fingerprint density at radius 1 is 1.00 bits per heavy atom. The van der Waals surface area contributed by atoms with E-state index in [-0.39, 0.29) is 6.04 Å². The van der Waals surface area contributed by atoms with Crippen molar-refractivity contribution in [3.05, 3.63) is 35.9 Å². The predicted molar refractivity (Wildman–Crippen MR) is 82.8 cm³/mol. The van der Waals surface area contributed by atoms with Gasteiger partial charge in [0.15, 0.2) is 0 Å². The third-order valence-corrected chi connectivity index (χ3v) is 3.42. The first kappa shape index (κ1) is 17.1. The molecule has 1 unspecified atom stereocenters. The van der Waals surface area contributed by atoms with E-state index in [2.05, 4.69) is 17.0 Å². The Morgan fingerprint density at radius 3 is 2.35 bits per heavy atom. The molecule has 1 atom stereocenters. The molecule has 0 aliphatic heterocycles. The molecule has 114 valence electrons. The summed E-state index contributed by atoms with van der Waals surface area (Å²) < 4.78 is 10.3. The van der Waals surface area contributed by atoms with Gasteiger partial charge in [-0.05, 0) is 18.4 Å². The summed E-state index contributed by atoms with van der Waals surface area (Å²) in [7, 11) is 3.48. The van der Waals surface area contributed by atoms with Crippen LogP contribution in [0.1, 0.15) is 24.4 Å². The maximum atomic E-state index is 6.24.